The van der Waals surface area contributed by atoms with Crippen LogP contribution in [0.25, 0.3) is 15.2 Å². The number of hydrogen-bond donors (Lipinski definition) is 1. The van der Waals surface area contributed by atoms with Crippen LogP contribution >= 0.6 is 34.4 Å². The highest BCUT2D eigenvalue weighted by Gasteiger charge is 2.18. The van der Waals surface area contributed by atoms with E-state index in [-0.39, 0.29) is 11.5 Å². The second-order valence-electron chi connectivity index (χ2n) is 7.99. The van der Waals surface area contributed by atoms with Crippen molar-refractivity contribution in [3.8, 4) is 0 Å². The molecule has 0 spiro atoms. The van der Waals surface area contributed by atoms with Gasteiger partial charge in [0.1, 0.15) is 0 Å². The van der Waals surface area contributed by atoms with Gasteiger partial charge in [-0.1, -0.05) is 25.1 Å². The third-order valence-corrected chi connectivity index (χ3v) is 8.91. The average Bonchev–Trinajstić information content (AvgIpc) is 3.36. The summed E-state index contributed by atoms with van der Waals surface area (Å²) >= 11 is 4.85. The Labute approximate surface area is 198 Å². The Morgan fingerprint density at radius 2 is 2.06 bits per heavy atom. The monoisotopic (exact) mass is 484 g/mol. The van der Waals surface area contributed by atoms with Crippen LogP contribution in [0.5, 0.6) is 0 Å². The molecular weight excluding hydrogens is 460 g/mol. The van der Waals surface area contributed by atoms with Crippen molar-refractivity contribution < 1.29 is 4.79 Å². The fourth-order valence-electron chi connectivity index (χ4n) is 3.96. The maximum atomic E-state index is 12.7. The molecule has 1 N–H and O–H groups in total. The SMILES string of the molecule is CCCCC(=O)Nc1ccc2nc(SCc3cc(=O)n4c5c(sc4n3)CCCC5)sc2c1. The molecule has 4 aromatic rings. The Balaban J connectivity index is 1.31. The highest BCUT2D eigenvalue weighted by molar-refractivity contribution is 8.00. The van der Waals surface area contributed by atoms with Gasteiger partial charge in [0.15, 0.2) is 9.30 Å². The summed E-state index contributed by atoms with van der Waals surface area (Å²) in [4.78, 5) is 36.3. The van der Waals surface area contributed by atoms with Crippen LogP contribution < -0.4 is 10.9 Å². The highest BCUT2D eigenvalue weighted by Crippen LogP contribution is 2.33. The van der Waals surface area contributed by atoms with Crippen molar-refractivity contribution in [1.82, 2.24) is 14.4 Å². The van der Waals surface area contributed by atoms with Crippen molar-refractivity contribution in [1.29, 1.82) is 0 Å². The molecule has 1 aliphatic carbocycles. The average molecular weight is 485 g/mol. The fourth-order valence-corrected chi connectivity index (χ4v) is 7.19. The molecule has 1 aromatic carbocycles. The quantitative estimate of drug-likeness (QED) is 0.342. The summed E-state index contributed by atoms with van der Waals surface area (Å²) in [6.07, 6.45) is 6.81. The van der Waals surface area contributed by atoms with Gasteiger partial charge in [0.25, 0.3) is 5.56 Å². The molecule has 0 bridgehead atoms. The molecule has 9 heteroatoms. The molecule has 0 unspecified atom stereocenters. The van der Waals surface area contributed by atoms with Crippen molar-refractivity contribution in [3.63, 3.8) is 0 Å². The molecule has 0 atom stereocenters. The number of thioether (sulfide) groups is 1. The third-order valence-electron chi connectivity index (χ3n) is 5.57. The van der Waals surface area contributed by atoms with Gasteiger partial charge in [0.2, 0.25) is 5.91 Å². The normalized spacial score (nSPS) is 13.5. The van der Waals surface area contributed by atoms with Crippen LogP contribution in [0.2, 0.25) is 0 Å². The largest absolute Gasteiger partial charge is 0.326 e. The Hall–Kier alpha value is -2.23. The van der Waals surface area contributed by atoms with E-state index in [4.69, 9.17) is 9.97 Å². The molecule has 0 saturated carbocycles. The van der Waals surface area contributed by atoms with Gasteiger partial charge in [-0.3, -0.25) is 14.0 Å². The minimum absolute atomic E-state index is 0.0257. The topological polar surface area (TPSA) is 76.4 Å². The van der Waals surface area contributed by atoms with E-state index in [2.05, 4.69) is 12.2 Å². The first-order valence-corrected chi connectivity index (χ1v) is 13.6. The van der Waals surface area contributed by atoms with Crippen LogP contribution in [0, 0.1) is 0 Å². The number of anilines is 1. The van der Waals surface area contributed by atoms with Gasteiger partial charge >= 0.3 is 0 Å². The zero-order valence-corrected chi connectivity index (χ0v) is 20.3. The van der Waals surface area contributed by atoms with Crippen LogP contribution in [0.4, 0.5) is 5.69 Å². The summed E-state index contributed by atoms with van der Waals surface area (Å²) in [5.41, 5.74) is 3.70. The van der Waals surface area contributed by atoms with Gasteiger partial charge in [0.05, 0.1) is 15.9 Å². The molecule has 3 heterocycles. The molecule has 6 nitrogen and oxygen atoms in total. The van der Waals surface area contributed by atoms with Gasteiger partial charge < -0.3 is 5.32 Å². The maximum absolute atomic E-state index is 12.7. The molecule has 0 saturated heterocycles. The van der Waals surface area contributed by atoms with E-state index in [9.17, 15) is 9.59 Å². The standard InChI is InChI=1S/C23H24N4O2S3/c1-2-3-8-20(28)24-14-9-10-16-19(11-14)32-23(26-16)30-13-15-12-21(29)27-17-6-4-5-7-18(17)31-22(27)25-15/h9-12H,2-8,13H2,1H3,(H,24,28). The Kier molecular flexibility index (Phi) is 6.30. The van der Waals surface area contributed by atoms with Gasteiger partial charge in [-0.25, -0.2) is 9.97 Å². The number of rotatable bonds is 7. The number of nitrogens with zero attached hydrogens (tertiary/aromatic N) is 3. The zero-order valence-electron chi connectivity index (χ0n) is 17.8. The van der Waals surface area contributed by atoms with Gasteiger partial charge in [-0.15, -0.1) is 22.7 Å². The summed E-state index contributed by atoms with van der Waals surface area (Å²) in [6, 6.07) is 7.49. The summed E-state index contributed by atoms with van der Waals surface area (Å²) in [5, 5.41) is 2.97. The first kappa shape index (κ1) is 21.6. The maximum Gasteiger partial charge on any atom is 0.259 e. The molecule has 0 aliphatic heterocycles. The lowest BCUT2D eigenvalue weighted by Gasteiger charge is -2.10. The van der Waals surface area contributed by atoms with Crippen molar-refractivity contribution in [3.05, 3.63) is 50.9 Å². The number of aryl methyl sites for hydroxylation is 2. The van der Waals surface area contributed by atoms with Crippen molar-refractivity contribution in [2.75, 3.05) is 5.32 Å². The van der Waals surface area contributed by atoms with Gasteiger partial charge in [-0.2, -0.15) is 0 Å². The molecule has 1 amide bonds. The van der Waals surface area contributed by atoms with Crippen molar-refractivity contribution >= 4 is 61.2 Å². The van der Waals surface area contributed by atoms with Crippen LogP contribution in [0.1, 0.15) is 55.3 Å². The number of carbonyl (C=O) groups is 1. The second-order valence-corrected chi connectivity index (χ2v) is 11.3. The lowest BCUT2D eigenvalue weighted by molar-refractivity contribution is -0.116. The first-order chi connectivity index (χ1) is 15.6. The summed E-state index contributed by atoms with van der Waals surface area (Å²) in [6.45, 7) is 2.08. The molecular formula is C23H24N4O2S3. The molecule has 1 aliphatic rings. The third kappa shape index (κ3) is 4.46. The fraction of sp³-hybridized carbons (Fsp3) is 0.391. The number of fused-ring (bicyclic) bond motifs is 4. The van der Waals surface area contributed by atoms with Crippen molar-refractivity contribution in [2.45, 2.75) is 62.0 Å². The van der Waals surface area contributed by atoms with E-state index in [1.54, 1.807) is 44.9 Å². The van der Waals surface area contributed by atoms with Crippen LogP contribution in [-0.4, -0.2) is 20.3 Å². The number of thiazole rings is 2. The number of carbonyl (C=O) groups excluding carboxylic acids is 1. The predicted octanol–water partition coefficient (Wildman–Crippen LogP) is 5.67. The van der Waals surface area contributed by atoms with Crippen LogP contribution in [-0.2, 0) is 23.4 Å². The first-order valence-electron chi connectivity index (χ1n) is 11.0. The highest BCUT2D eigenvalue weighted by atomic mass is 32.2. The smallest absolute Gasteiger partial charge is 0.259 e. The number of unbranched alkanes of at least 4 members (excludes halogenated alkanes) is 1. The number of benzene rings is 1. The number of aromatic nitrogens is 3. The minimum atomic E-state index is 0.0257. The van der Waals surface area contributed by atoms with Crippen LogP contribution in [0.15, 0.2) is 33.4 Å². The lowest BCUT2D eigenvalue weighted by Crippen LogP contribution is -2.17. The number of amides is 1. The molecule has 0 radical (unpaired) electrons. The summed E-state index contributed by atoms with van der Waals surface area (Å²) in [7, 11) is 0. The predicted molar refractivity (Wildman–Crippen MR) is 133 cm³/mol. The van der Waals surface area contributed by atoms with E-state index >= 15 is 0 Å². The van der Waals surface area contributed by atoms with E-state index in [1.807, 2.05) is 18.2 Å². The minimum Gasteiger partial charge on any atom is -0.326 e. The van der Waals surface area contributed by atoms with Gasteiger partial charge in [0, 0.05) is 34.5 Å². The van der Waals surface area contributed by atoms with Crippen LogP contribution in [0.3, 0.4) is 0 Å². The summed E-state index contributed by atoms with van der Waals surface area (Å²) < 4.78 is 3.78. The van der Waals surface area contributed by atoms with E-state index in [0.29, 0.717) is 12.2 Å². The zero-order chi connectivity index (χ0) is 22.1. The van der Waals surface area contributed by atoms with Gasteiger partial charge in [-0.05, 0) is 50.3 Å². The van der Waals surface area contributed by atoms with E-state index in [1.165, 1.54) is 11.3 Å². The number of nitrogens with one attached hydrogen (secondary N) is 1. The molecule has 32 heavy (non-hydrogen) atoms. The summed E-state index contributed by atoms with van der Waals surface area (Å²) in [5.74, 6) is 0.655. The number of hydrogen-bond acceptors (Lipinski definition) is 7. The lowest BCUT2D eigenvalue weighted by atomic mass is 10.0. The van der Waals surface area contributed by atoms with Crippen molar-refractivity contribution in [2.24, 2.45) is 0 Å². The second kappa shape index (κ2) is 9.33. The van der Waals surface area contributed by atoms with E-state index < -0.39 is 0 Å². The molecule has 5 rings (SSSR count). The Morgan fingerprint density at radius 3 is 2.94 bits per heavy atom. The van der Waals surface area contributed by atoms with E-state index in [0.717, 1.165) is 68.7 Å². The molecule has 3 aromatic heterocycles. The molecule has 166 valence electrons. The molecule has 0 fully saturated rings. The Morgan fingerprint density at radius 1 is 1.19 bits per heavy atom. The Bertz CT molecular complexity index is 1350.